The summed E-state index contributed by atoms with van der Waals surface area (Å²) in [5.41, 5.74) is 0.848. The number of aromatic nitrogens is 3. The van der Waals surface area contributed by atoms with Gasteiger partial charge in [0.2, 0.25) is 10.8 Å². The summed E-state index contributed by atoms with van der Waals surface area (Å²) in [6.07, 6.45) is 2.62. The molecule has 0 bridgehead atoms. The van der Waals surface area contributed by atoms with Crippen molar-refractivity contribution in [2.24, 2.45) is 11.8 Å². The number of likely N-dealkylation sites (tertiary alicyclic amines) is 1. The number of rotatable bonds is 3. The predicted octanol–water partition coefficient (Wildman–Crippen LogP) is 3.70. The summed E-state index contributed by atoms with van der Waals surface area (Å²) in [5.74, 6) is 0.949. The Hall–Kier alpha value is -1.99. The van der Waals surface area contributed by atoms with Crippen molar-refractivity contribution in [2.75, 3.05) is 13.1 Å². The molecule has 4 rings (SSSR count). The third kappa shape index (κ3) is 3.02. The molecule has 1 fully saturated rings. The number of aromatic hydroxyl groups is 1. The Kier molecular flexibility index (Phi) is 4.21. The molecule has 3 aromatic rings. The normalized spacial score (nSPS) is 23.2. The Labute approximate surface area is 149 Å². The average molecular weight is 360 g/mol. The predicted molar refractivity (Wildman–Crippen MR) is 95.3 cm³/mol. The Morgan fingerprint density at radius 3 is 2.72 bits per heavy atom. The smallest absolute Gasteiger partial charge is 0.230 e. The molecule has 0 spiro atoms. The Morgan fingerprint density at radius 2 is 2.04 bits per heavy atom. The van der Waals surface area contributed by atoms with Crippen LogP contribution in [0.15, 0.2) is 30.6 Å². The molecule has 0 saturated carbocycles. The molecule has 7 heteroatoms. The van der Waals surface area contributed by atoms with Crippen LogP contribution in [0.2, 0.25) is 0 Å². The van der Waals surface area contributed by atoms with Crippen LogP contribution in [0.5, 0.6) is 5.88 Å². The molecule has 1 aliphatic heterocycles. The average Bonchev–Trinajstić information content (AvgIpc) is 3.11. The number of halogens is 1. The molecule has 1 N–H and O–H groups in total. The fourth-order valence-electron chi connectivity index (χ4n) is 4.00. The monoisotopic (exact) mass is 360 g/mol. The third-order valence-electron chi connectivity index (χ3n) is 4.81. The summed E-state index contributed by atoms with van der Waals surface area (Å²) >= 11 is 1.41. The van der Waals surface area contributed by atoms with Crippen molar-refractivity contribution in [1.29, 1.82) is 0 Å². The van der Waals surface area contributed by atoms with E-state index in [2.05, 4.69) is 28.8 Å². The third-order valence-corrected chi connectivity index (χ3v) is 5.90. The van der Waals surface area contributed by atoms with Crippen molar-refractivity contribution in [2.45, 2.75) is 26.3 Å². The summed E-state index contributed by atoms with van der Waals surface area (Å²) < 4.78 is 15.3. The van der Waals surface area contributed by atoms with Gasteiger partial charge in [0.25, 0.3) is 0 Å². The quantitative estimate of drug-likeness (QED) is 0.774. The standard InChI is InChI=1S/C18H21FN4OS/c1-11-6-12(2)9-22(8-11)15(13-4-3-5-14(19)7-13)16-17(24)23-18(25-16)20-10-21-23/h3-5,7,10-12,15,24H,6,8-9H2,1-2H3. The van der Waals surface area contributed by atoms with Crippen LogP contribution in [0.4, 0.5) is 4.39 Å². The van der Waals surface area contributed by atoms with Crippen molar-refractivity contribution in [1.82, 2.24) is 19.5 Å². The second-order valence-electron chi connectivity index (χ2n) is 7.10. The number of fused-ring (bicyclic) bond motifs is 1. The van der Waals surface area contributed by atoms with Crippen LogP contribution < -0.4 is 0 Å². The highest BCUT2D eigenvalue weighted by Crippen LogP contribution is 2.41. The van der Waals surface area contributed by atoms with Gasteiger partial charge in [0.1, 0.15) is 12.1 Å². The molecule has 3 unspecified atom stereocenters. The van der Waals surface area contributed by atoms with E-state index in [0.29, 0.717) is 16.8 Å². The Balaban J connectivity index is 1.83. The summed E-state index contributed by atoms with van der Waals surface area (Å²) in [6.45, 7) is 6.32. The molecule has 2 aromatic heterocycles. The fourth-order valence-corrected chi connectivity index (χ4v) is 5.09. The number of benzene rings is 1. The minimum absolute atomic E-state index is 0.0950. The highest BCUT2D eigenvalue weighted by atomic mass is 32.1. The van der Waals surface area contributed by atoms with Gasteiger partial charge in [-0.1, -0.05) is 37.3 Å². The van der Waals surface area contributed by atoms with Crippen LogP contribution in [0, 0.1) is 17.7 Å². The highest BCUT2D eigenvalue weighted by Gasteiger charge is 2.33. The number of hydrogen-bond acceptors (Lipinski definition) is 5. The maximum absolute atomic E-state index is 13.9. The molecule has 3 heterocycles. The van der Waals surface area contributed by atoms with Crippen molar-refractivity contribution < 1.29 is 9.50 Å². The van der Waals surface area contributed by atoms with Gasteiger partial charge < -0.3 is 5.11 Å². The van der Waals surface area contributed by atoms with Gasteiger partial charge in [0.05, 0.1) is 10.9 Å². The van der Waals surface area contributed by atoms with E-state index < -0.39 is 0 Å². The molecule has 132 valence electrons. The summed E-state index contributed by atoms with van der Waals surface area (Å²) in [6, 6.07) is 6.46. The number of nitrogens with zero attached hydrogens (tertiary/aromatic N) is 4. The van der Waals surface area contributed by atoms with Gasteiger partial charge in [0, 0.05) is 13.1 Å². The van der Waals surface area contributed by atoms with Crippen LogP contribution >= 0.6 is 11.3 Å². The van der Waals surface area contributed by atoms with Crippen LogP contribution in [0.3, 0.4) is 0 Å². The van der Waals surface area contributed by atoms with E-state index in [9.17, 15) is 9.50 Å². The lowest BCUT2D eigenvalue weighted by molar-refractivity contribution is 0.111. The first-order valence-corrected chi connectivity index (χ1v) is 9.35. The number of thiazole rings is 1. The highest BCUT2D eigenvalue weighted by molar-refractivity contribution is 7.17. The molecule has 0 radical (unpaired) electrons. The van der Waals surface area contributed by atoms with Crippen molar-refractivity contribution >= 4 is 16.3 Å². The Morgan fingerprint density at radius 1 is 1.28 bits per heavy atom. The largest absolute Gasteiger partial charge is 0.492 e. The molecular weight excluding hydrogens is 339 g/mol. The van der Waals surface area contributed by atoms with E-state index in [1.807, 2.05) is 6.07 Å². The number of piperidine rings is 1. The fraction of sp³-hybridized carbons (Fsp3) is 0.444. The first kappa shape index (κ1) is 16.5. The molecule has 25 heavy (non-hydrogen) atoms. The van der Waals surface area contributed by atoms with E-state index in [0.717, 1.165) is 23.5 Å². The molecule has 5 nitrogen and oxygen atoms in total. The van der Waals surface area contributed by atoms with Crippen molar-refractivity contribution in [3.05, 3.63) is 46.9 Å². The minimum atomic E-state index is -0.264. The van der Waals surface area contributed by atoms with Gasteiger partial charge in [-0.3, -0.25) is 4.90 Å². The van der Waals surface area contributed by atoms with Crippen molar-refractivity contribution in [3.63, 3.8) is 0 Å². The van der Waals surface area contributed by atoms with Gasteiger partial charge in [-0.2, -0.15) is 9.61 Å². The first-order valence-electron chi connectivity index (χ1n) is 8.54. The van der Waals surface area contributed by atoms with E-state index in [-0.39, 0.29) is 17.7 Å². The SMILES string of the molecule is CC1CC(C)CN(C(c2cccc(F)c2)c2sc3ncnn3c2O)C1. The number of hydrogen-bond donors (Lipinski definition) is 1. The van der Waals surface area contributed by atoms with Gasteiger partial charge in [-0.15, -0.1) is 0 Å². The zero-order valence-corrected chi connectivity index (χ0v) is 15.1. The molecular formula is C18H21FN4OS. The Bertz CT molecular complexity index is 882. The maximum atomic E-state index is 13.9. The van der Waals surface area contributed by atoms with Gasteiger partial charge >= 0.3 is 0 Å². The summed E-state index contributed by atoms with van der Waals surface area (Å²) in [5, 5.41) is 14.8. The van der Waals surface area contributed by atoms with E-state index in [1.54, 1.807) is 12.1 Å². The molecule has 0 aliphatic carbocycles. The van der Waals surface area contributed by atoms with Crippen molar-refractivity contribution in [3.8, 4) is 5.88 Å². The lowest BCUT2D eigenvalue weighted by Crippen LogP contribution is -2.41. The van der Waals surface area contributed by atoms with Gasteiger partial charge in [-0.05, 0) is 36.0 Å². The van der Waals surface area contributed by atoms with E-state index in [4.69, 9.17) is 0 Å². The molecule has 1 saturated heterocycles. The topological polar surface area (TPSA) is 53.7 Å². The lowest BCUT2D eigenvalue weighted by atomic mass is 9.89. The van der Waals surface area contributed by atoms with E-state index in [1.165, 1.54) is 34.7 Å². The van der Waals surface area contributed by atoms with Crippen LogP contribution in [0.1, 0.15) is 36.8 Å². The summed E-state index contributed by atoms with van der Waals surface area (Å²) in [7, 11) is 0. The lowest BCUT2D eigenvalue weighted by Gasteiger charge is -2.40. The first-order chi connectivity index (χ1) is 12.0. The van der Waals surface area contributed by atoms with Gasteiger partial charge in [0.15, 0.2) is 0 Å². The second kappa shape index (κ2) is 6.38. The van der Waals surface area contributed by atoms with E-state index >= 15 is 0 Å². The maximum Gasteiger partial charge on any atom is 0.230 e. The summed E-state index contributed by atoms with van der Waals surface area (Å²) in [4.78, 5) is 7.94. The van der Waals surface area contributed by atoms with Crippen LogP contribution in [-0.2, 0) is 0 Å². The zero-order valence-electron chi connectivity index (χ0n) is 14.3. The van der Waals surface area contributed by atoms with Crippen LogP contribution in [-0.4, -0.2) is 37.7 Å². The van der Waals surface area contributed by atoms with Crippen LogP contribution in [0.25, 0.3) is 4.96 Å². The second-order valence-corrected chi connectivity index (χ2v) is 8.11. The molecule has 3 atom stereocenters. The molecule has 0 amide bonds. The molecule has 1 aromatic carbocycles. The van der Waals surface area contributed by atoms with Gasteiger partial charge in [-0.25, -0.2) is 9.37 Å². The minimum Gasteiger partial charge on any atom is -0.492 e. The zero-order chi connectivity index (χ0) is 17.6. The molecule has 1 aliphatic rings.